The molecule has 4 nitrogen and oxygen atoms in total. The fraction of sp³-hybridized carbons (Fsp3) is 0.235. The Labute approximate surface area is 124 Å². The lowest BCUT2D eigenvalue weighted by molar-refractivity contribution is 0.414. The molecule has 0 aliphatic rings. The van der Waals surface area contributed by atoms with E-state index in [0.29, 0.717) is 6.54 Å². The summed E-state index contributed by atoms with van der Waals surface area (Å²) < 4.78 is 7.36. The smallest absolute Gasteiger partial charge is 0.140 e. The summed E-state index contributed by atoms with van der Waals surface area (Å²) >= 11 is 0. The number of nitrogens with two attached hydrogens (primary N) is 1. The Morgan fingerprint density at radius 2 is 2.00 bits per heavy atom. The van der Waals surface area contributed by atoms with E-state index in [0.717, 1.165) is 35.3 Å². The topological polar surface area (TPSA) is 53.1 Å². The summed E-state index contributed by atoms with van der Waals surface area (Å²) in [6.45, 7) is 1.43. The first kappa shape index (κ1) is 13.6. The molecule has 2 heterocycles. The highest BCUT2D eigenvalue weighted by molar-refractivity contribution is 5.80. The van der Waals surface area contributed by atoms with Crippen LogP contribution in [-0.2, 0) is 19.5 Å². The zero-order chi connectivity index (χ0) is 14.7. The Morgan fingerprint density at radius 1 is 1.19 bits per heavy atom. The van der Waals surface area contributed by atoms with Gasteiger partial charge in [0, 0.05) is 30.9 Å². The lowest BCUT2D eigenvalue weighted by Crippen LogP contribution is -2.01. The number of fused-ring (bicyclic) bond motifs is 1. The van der Waals surface area contributed by atoms with Crippen LogP contribution in [0.25, 0.3) is 11.0 Å². The molecule has 0 fully saturated rings. The Balaban J connectivity index is 1.81. The predicted molar refractivity (Wildman–Crippen MR) is 84.3 cm³/mol. The number of aryl methyl sites for hydroxylation is 2. The second-order valence-electron chi connectivity index (χ2n) is 5.02. The zero-order valence-corrected chi connectivity index (χ0v) is 12.1. The summed E-state index contributed by atoms with van der Waals surface area (Å²) in [6.07, 6.45) is 4.89. The minimum atomic E-state index is 0.539. The molecule has 2 N–H and O–H groups in total. The van der Waals surface area contributed by atoms with E-state index < -0.39 is 0 Å². The third kappa shape index (κ3) is 2.76. The molecule has 0 atom stereocenters. The summed E-state index contributed by atoms with van der Waals surface area (Å²) in [7, 11) is 1.68. The molecular formula is C17H19N3O. The Hall–Kier alpha value is -2.33. The monoisotopic (exact) mass is 281 g/mol. The van der Waals surface area contributed by atoms with Gasteiger partial charge < -0.3 is 15.0 Å². The van der Waals surface area contributed by atoms with Gasteiger partial charge in [-0.1, -0.05) is 12.1 Å². The van der Waals surface area contributed by atoms with E-state index in [1.807, 2.05) is 24.4 Å². The highest BCUT2D eigenvalue weighted by Crippen LogP contribution is 2.20. The first-order valence-corrected chi connectivity index (χ1v) is 7.07. The molecule has 0 unspecified atom stereocenters. The maximum Gasteiger partial charge on any atom is 0.140 e. The van der Waals surface area contributed by atoms with Crippen molar-refractivity contribution in [1.82, 2.24) is 9.55 Å². The van der Waals surface area contributed by atoms with Crippen molar-refractivity contribution >= 4 is 11.0 Å². The average molecular weight is 281 g/mol. The van der Waals surface area contributed by atoms with Gasteiger partial charge in [-0.2, -0.15) is 0 Å². The van der Waals surface area contributed by atoms with Gasteiger partial charge in [0.15, 0.2) is 0 Å². The normalized spacial score (nSPS) is 11.0. The molecule has 0 spiro atoms. The Kier molecular flexibility index (Phi) is 3.88. The quantitative estimate of drug-likeness (QED) is 0.782. The molecule has 2 aromatic heterocycles. The first-order chi connectivity index (χ1) is 10.3. The van der Waals surface area contributed by atoms with Crippen molar-refractivity contribution in [3.8, 4) is 5.75 Å². The van der Waals surface area contributed by atoms with Gasteiger partial charge in [0.05, 0.1) is 7.11 Å². The van der Waals surface area contributed by atoms with Gasteiger partial charge in [0.25, 0.3) is 0 Å². The molecule has 0 saturated heterocycles. The molecule has 0 amide bonds. The van der Waals surface area contributed by atoms with E-state index in [1.165, 1.54) is 5.56 Å². The van der Waals surface area contributed by atoms with Crippen LogP contribution >= 0.6 is 0 Å². The fourth-order valence-electron chi connectivity index (χ4n) is 2.57. The van der Waals surface area contributed by atoms with Gasteiger partial charge in [-0.05, 0) is 41.8 Å². The van der Waals surface area contributed by atoms with E-state index in [-0.39, 0.29) is 0 Å². The van der Waals surface area contributed by atoms with E-state index in [9.17, 15) is 0 Å². The third-order valence-electron chi connectivity index (χ3n) is 3.74. The zero-order valence-electron chi connectivity index (χ0n) is 12.1. The van der Waals surface area contributed by atoms with Crippen LogP contribution in [0.5, 0.6) is 5.75 Å². The van der Waals surface area contributed by atoms with Crippen molar-refractivity contribution in [3.05, 3.63) is 59.9 Å². The van der Waals surface area contributed by atoms with Crippen LogP contribution in [0.15, 0.2) is 48.8 Å². The van der Waals surface area contributed by atoms with Gasteiger partial charge in [-0.15, -0.1) is 0 Å². The van der Waals surface area contributed by atoms with Crippen LogP contribution in [0, 0.1) is 0 Å². The summed E-state index contributed by atoms with van der Waals surface area (Å²) in [4.78, 5) is 4.48. The lowest BCUT2D eigenvalue weighted by Gasteiger charge is -2.06. The largest absolute Gasteiger partial charge is 0.497 e. The van der Waals surface area contributed by atoms with Crippen molar-refractivity contribution in [2.45, 2.75) is 19.5 Å². The van der Waals surface area contributed by atoms with Crippen LogP contribution in [0.1, 0.15) is 11.1 Å². The SMILES string of the molecule is COc1ccc(CCn2cc(CN)c3cccnc32)cc1. The summed E-state index contributed by atoms with van der Waals surface area (Å²) in [6, 6.07) is 12.2. The third-order valence-corrected chi connectivity index (χ3v) is 3.74. The highest BCUT2D eigenvalue weighted by atomic mass is 16.5. The van der Waals surface area contributed by atoms with Gasteiger partial charge in [0.1, 0.15) is 11.4 Å². The molecule has 3 rings (SSSR count). The molecular weight excluding hydrogens is 262 g/mol. The molecule has 0 saturated carbocycles. The maximum atomic E-state index is 5.81. The molecule has 1 aromatic carbocycles. The molecule has 108 valence electrons. The van der Waals surface area contributed by atoms with E-state index in [2.05, 4.69) is 33.9 Å². The molecule has 0 aliphatic heterocycles. The van der Waals surface area contributed by atoms with Crippen molar-refractivity contribution in [2.75, 3.05) is 7.11 Å². The Bertz CT molecular complexity index is 731. The standard InChI is InChI=1S/C17H19N3O/c1-21-15-6-4-13(5-7-15)8-10-20-12-14(11-18)16-3-2-9-19-17(16)20/h2-7,9,12H,8,10-11,18H2,1H3. The van der Waals surface area contributed by atoms with Crippen LogP contribution in [-0.4, -0.2) is 16.7 Å². The van der Waals surface area contributed by atoms with E-state index >= 15 is 0 Å². The molecule has 3 aromatic rings. The first-order valence-electron chi connectivity index (χ1n) is 7.07. The maximum absolute atomic E-state index is 5.81. The molecule has 4 heteroatoms. The number of pyridine rings is 1. The number of benzene rings is 1. The number of aromatic nitrogens is 2. The summed E-state index contributed by atoms with van der Waals surface area (Å²) in [5.74, 6) is 0.886. The van der Waals surface area contributed by atoms with Crippen molar-refractivity contribution in [2.24, 2.45) is 5.73 Å². The number of rotatable bonds is 5. The van der Waals surface area contributed by atoms with Crippen LogP contribution < -0.4 is 10.5 Å². The number of hydrogen-bond donors (Lipinski definition) is 1. The fourth-order valence-corrected chi connectivity index (χ4v) is 2.57. The number of hydrogen-bond acceptors (Lipinski definition) is 3. The molecule has 21 heavy (non-hydrogen) atoms. The second-order valence-corrected chi connectivity index (χ2v) is 5.02. The van der Waals surface area contributed by atoms with Crippen LogP contribution in [0.2, 0.25) is 0 Å². The second kappa shape index (κ2) is 5.97. The van der Waals surface area contributed by atoms with Gasteiger partial charge >= 0.3 is 0 Å². The van der Waals surface area contributed by atoms with Crippen molar-refractivity contribution in [1.29, 1.82) is 0 Å². The van der Waals surface area contributed by atoms with Gasteiger partial charge in [0.2, 0.25) is 0 Å². The van der Waals surface area contributed by atoms with E-state index in [4.69, 9.17) is 10.5 Å². The van der Waals surface area contributed by atoms with Crippen LogP contribution in [0.3, 0.4) is 0 Å². The summed E-state index contributed by atoms with van der Waals surface area (Å²) in [5, 5.41) is 1.15. The minimum absolute atomic E-state index is 0.539. The highest BCUT2D eigenvalue weighted by Gasteiger charge is 2.07. The predicted octanol–water partition coefficient (Wildman–Crippen LogP) is 2.75. The van der Waals surface area contributed by atoms with Gasteiger partial charge in [-0.3, -0.25) is 0 Å². The number of methoxy groups -OCH3 is 1. The molecule has 0 aliphatic carbocycles. The number of nitrogens with zero attached hydrogens (tertiary/aromatic N) is 2. The van der Waals surface area contributed by atoms with Crippen molar-refractivity contribution in [3.63, 3.8) is 0 Å². The Morgan fingerprint density at radius 3 is 2.71 bits per heavy atom. The van der Waals surface area contributed by atoms with E-state index in [1.54, 1.807) is 7.11 Å². The van der Waals surface area contributed by atoms with Crippen LogP contribution in [0.4, 0.5) is 0 Å². The minimum Gasteiger partial charge on any atom is -0.497 e. The number of ether oxygens (including phenoxy) is 1. The van der Waals surface area contributed by atoms with Gasteiger partial charge in [-0.25, -0.2) is 4.98 Å². The average Bonchev–Trinajstić information content (AvgIpc) is 2.91. The molecule has 0 radical (unpaired) electrons. The summed E-state index contributed by atoms with van der Waals surface area (Å²) in [5.41, 5.74) is 9.25. The van der Waals surface area contributed by atoms with Crippen molar-refractivity contribution < 1.29 is 4.74 Å². The lowest BCUT2D eigenvalue weighted by atomic mass is 10.1. The molecule has 0 bridgehead atoms.